The van der Waals surface area contributed by atoms with Crippen molar-refractivity contribution >= 4 is 0 Å². The van der Waals surface area contributed by atoms with Crippen LogP contribution in [0, 0.1) is 0 Å². The van der Waals surface area contributed by atoms with Crippen LogP contribution in [-0.2, 0) is 0 Å². The van der Waals surface area contributed by atoms with Gasteiger partial charge in [-0.05, 0) is 49.4 Å². The summed E-state index contributed by atoms with van der Waals surface area (Å²) >= 11 is 0. The summed E-state index contributed by atoms with van der Waals surface area (Å²) in [5, 5.41) is 4.02. The maximum Gasteiger partial charge on any atom is 0.267 e. The first-order chi connectivity index (χ1) is 12.6. The molecule has 3 aromatic rings. The third kappa shape index (κ3) is 3.72. The van der Waals surface area contributed by atoms with Crippen LogP contribution >= 0.6 is 0 Å². The lowest BCUT2D eigenvalue weighted by atomic mass is 10.2. The predicted octanol–water partition coefficient (Wildman–Crippen LogP) is 3.90. The standard InChI is InChI=1S/C19H20N2O5/c1-12(25-15-8-6-14(22-2)7-9-15)19-20-18(21-26-19)13-5-10-16(23-3)17(11-13)24-4/h5-12H,1-4H3. The van der Waals surface area contributed by atoms with E-state index in [2.05, 4.69) is 10.1 Å². The molecule has 1 heterocycles. The summed E-state index contributed by atoms with van der Waals surface area (Å²) in [4.78, 5) is 4.42. The Hall–Kier alpha value is -3.22. The summed E-state index contributed by atoms with van der Waals surface area (Å²) in [7, 11) is 4.78. The van der Waals surface area contributed by atoms with Crippen LogP contribution in [0.5, 0.6) is 23.0 Å². The molecule has 0 spiro atoms. The highest BCUT2D eigenvalue weighted by Crippen LogP contribution is 2.32. The van der Waals surface area contributed by atoms with E-state index < -0.39 is 6.10 Å². The van der Waals surface area contributed by atoms with E-state index in [1.807, 2.05) is 37.3 Å². The van der Waals surface area contributed by atoms with Gasteiger partial charge in [-0.3, -0.25) is 0 Å². The number of ether oxygens (including phenoxy) is 4. The lowest BCUT2D eigenvalue weighted by Crippen LogP contribution is -2.03. The smallest absolute Gasteiger partial charge is 0.267 e. The summed E-state index contributed by atoms with van der Waals surface area (Å²) < 4.78 is 26.8. The van der Waals surface area contributed by atoms with Crippen LogP contribution in [0.15, 0.2) is 47.0 Å². The number of hydrogen-bond donors (Lipinski definition) is 0. The summed E-state index contributed by atoms with van der Waals surface area (Å²) in [5.74, 6) is 3.51. The zero-order chi connectivity index (χ0) is 18.5. The van der Waals surface area contributed by atoms with Gasteiger partial charge in [0.05, 0.1) is 21.3 Å². The number of nitrogens with zero attached hydrogens (tertiary/aromatic N) is 2. The van der Waals surface area contributed by atoms with Gasteiger partial charge in [0.15, 0.2) is 17.6 Å². The maximum atomic E-state index is 5.83. The molecule has 0 saturated heterocycles. The van der Waals surface area contributed by atoms with Gasteiger partial charge in [-0.2, -0.15) is 4.98 Å². The summed E-state index contributed by atoms with van der Waals surface area (Å²) in [6.07, 6.45) is -0.398. The third-order valence-corrected chi connectivity index (χ3v) is 3.80. The van der Waals surface area contributed by atoms with Gasteiger partial charge in [0, 0.05) is 5.56 Å². The number of benzene rings is 2. The molecule has 26 heavy (non-hydrogen) atoms. The van der Waals surface area contributed by atoms with Crippen molar-refractivity contribution in [3.63, 3.8) is 0 Å². The average molecular weight is 356 g/mol. The van der Waals surface area contributed by atoms with Crippen molar-refractivity contribution in [3.8, 4) is 34.4 Å². The monoisotopic (exact) mass is 356 g/mol. The minimum Gasteiger partial charge on any atom is -0.497 e. The van der Waals surface area contributed by atoms with E-state index in [1.165, 1.54) is 0 Å². The summed E-state index contributed by atoms with van der Waals surface area (Å²) in [5.41, 5.74) is 0.759. The molecule has 1 unspecified atom stereocenters. The molecule has 3 rings (SSSR count). The van der Waals surface area contributed by atoms with Gasteiger partial charge in [-0.1, -0.05) is 5.16 Å². The van der Waals surface area contributed by atoms with Crippen molar-refractivity contribution in [1.82, 2.24) is 10.1 Å². The van der Waals surface area contributed by atoms with Gasteiger partial charge in [0.2, 0.25) is 5.82 Å². The lowest BCUT2D eigenvalue weighted by molar-refractivity contribution is 0.175. The van der Waals surface area contributed by atoms with Gasteiger partial charge in [0.25, 0.3) is 5.89 Å². The highest BCUT2D eigenvalue weighted by molar-refractivity contribution is 5.60. The fourth-order valence-electron chi connectivity index (χ4n) is 2.40. The molecule has 0 fully saturated rings. The molecule has 1 aromatic heterocycles. The van der Waals surface area contributed by atoms with Gasteiger partial charge in [-0.25, -0.2) is 0 Å². The van der Waals surface area contributed by atoms with Crippen LogP contribution in [-0.4, -0.2) is 31.5 Å². The van der Waals surface area contributed by atoms with Gasteiger partial charge < -0.3 is 23.5 Å². The fraction of sp³-hybridized carbons (Fsp3) is 0.263. The van der Waals surface area contributed by atoms with Crippen molar-refractivity contribution in [2.24, 2.45) is 0 Å². The van der Waals surface area contributed by atoms with E-state index in [0.29, 0.717) is 29.0 Å². The number of methoxy groups -OCH3 is 3. The van der Waals surface area contributed by atoms with Gasteiger partial charge in [0.1, 0.15) is 11.5 Å². The average Bonchev–Trinajstić information content (AvgIpc) is 3.18. The summed E-state index contributed by atoms with van der Waals surface area (Å²) in [6.45, 7) is 1.84. The van der Waals surface area contributed by atoms with Crippen molar-refractivity contribution in [2.45, 2.75) is 13.0 Å². The van der Waals surface area contributed by atoms with Crippen LogP contribution in [0.1, 0.15) is 18.9 Å². The van der Waals surface area contributed by atoms with E-state index >= 15 is 0 Å². The molecule has 7 nitrogen and oxygen atoms in total. The van der Waals surface area contributed by atoms with Crippen LogP contribution < -0.4 is 18.9 Å². The number of hydrogen-bond acceptors (Lipinski definition) is 7. The SMILES string of the molecule is COc1ccc(OC(C)c2nc(-c3ccc(OC)c(OC)c3)no2)cc1. The Balaban J connectivity index is 1.76. The minimum atomic E-state index is -0.398. The molecule has 0 bridgehead atoms. The van der Waals surface area contributed by atoms with Gasteiger partial charge in [-0.15, -0.1) is 0 Å². The molecule has 0 saturated carbocycles. The second-order valence-electron chi connectivity index (χ2n) is 5.46. The van der Waals surface area contributed by atoms with E-state index in [-0.39, 0.29) is 0 Å². The first-order valence-electron chi connectivity index (χ1n) is 8.01. The Kier molecular flexibility index (Phi) is 5.26. The second kappa shape index (κ2) is 7.77. The highest BCUT2D eigenvalue weighted by atomic mass is 16.5. The third-order valence-electron chi connectivity index (χ3n) is 3.80. The first-order valence-corrected chi connectivity index (χ1v) is 8.01. The van der Waals surface area contributed by atoms with Crippen LogP contribution in [0.25, 0.3) is 11.4 Å². The quantitative estimate of drug-likeness (QED) is 0.635. The van der Waals surface area contributed by atoms with Crippen LogP contribution in [0.3, 0.4) is 0 Å². The Morgan fingerprint density at radius 3 is 2.19 bits per heavy atom. The van der Waals surface area contributed by atoms with Crippen LogP contribution in [0.2, 0.25) is 0 Å². The van der Waals surface area contributed by atoms with E-state index in [4.69, 9.17) is 23.5 Å². The Bertz CT molecular complexity index is 861. The largest absolute Gasteiger partial charge is 0.497 e. The fourth-order valence-corrected chi connectivity index (χ4v) is 2.40. The van der Waals surface area contributed by atoms with E-state index in [0.717, 1.165) is 11.3 Å². The topological polar surface area (TPSA) is 75.8 Å². The van der Waals surface area contributed by atoms with Crippen molar-refractivity contribution in [2.75, 3.05) is 21.3 Å². The van der Waals surface area contributed by atoms with Crippen molar-refractivity contribution in [1.29, 1.82) is 0 Å². The van der Waals surface area contributed by atoms with Crippen LogP contribution in [0.4, 0.5) is 0 Å². The van der Waals surface area contributed by atoms with E-state index in [9.17, 15) is 0 Å². The Labute approximate surface area is 151 Å². The predicted molar refractivity (Wildman–Crippen MR) is 94.9 cm³/mol. The van der Waals surface area contributed by atoms with Crippen molar-refractivity contribution < 1.29 is 23.5 Å². The minimum absolute atomic E-state index is 0.380. The zero-order valence-electron chi connectivity index (χ0n) is 15.1. The van der Waals surface area contributed by atoms with Crippen molar-refractivity contribution in [3.05, 3.63) is 48.4 Å². The molecule has 0 aliphatic rings. The molecular weight excluding hydrogens is 336 g/mol. The first kappa shape index (κ1) is 17.6. The molecule has 2 aromatic carbocycles. The molecular formula is C19H20N2O5. The molecule has 0 amide bonds. The van der Waals surface area contributed by atoms with E-state index in [1.54, 1.807) is 33.5 Å². The lowest BCUT2D eigenvalue weighted by Gasteiger charge is -2.11. The second-order valence-corrected chi connectivity index (χ2v) is 5.46. The molecule has 0 aliphatic carbocycles. The number of aromatic nitrogens is 2. The Morgan fingerprint density at radius 1 is 0.846 bits per heavy atom. The zero-order valence-corrected chi connectivity index (χ0v) is 15.1. The highest BCUT2D eigenvalue weighted by Gasteiger charge is 2.18. The molecule has 7 heteroatoms. The Morgan fingerprint density at radius 2 is 1.54 bits per heavy atom. The van der Waals surface area contributed by atoms with Gasteiger partial charge >= 0.3 is 0 Å². The molecule has 1 atom stereocenters. The summed E-state index contributed by atoms with van der Waals surface area (Å²) in [6, 6.07) is 12.7. The maximum absolute atomic E-state index is 5.83. The normalized spacial score (nSPS) is 11.7. The molecule has 0 radical (unpaired) electrons. The molecule has 136 valence electrons. The molecule has 0 N–H and O–H groups in total. The number of rotatable bonds is 7. The molecule has 0 aliphatic heterocycles.